The summed E-state index contributed by atoms with van der Waals surface area (Å²) in [7, 11) is 0. The van der Waals surface area contributed by atoms with Crippen LogP contribution < -0.4 is 5.32 Å². The molecule has 1 rings (SSSR count). The molecule has 4 nitrogen and oxygen atoms in total. The van der Waals surface area contributed by atoms with Gasteiger partial charge in [0.2, 0.25) is 0 Å². The molecule has 1 aromatic rings. The number of hydrogen-bond acceptors (Lipinski definition) is 3. The van der Waals surface area contributed by atoms with Crippen LogP contribution in [0.4, 0.5) is 0 Å². The van der Waals surface area contributed by atoms with E-state index < -0.39 is 0 Å². The molecule has 15 heavy (non-hydrogen) atoms. The highest BCUT2D eigenvalue weighted by Crippen LogP contribution is 2.01. The molecule has 0 aliphatic rings. The minimum atomic E-state index is 0.573. The van der Waals surface area contributed by atoms with Crippen molar-refractivity contribution in [3.8, 4) is 0 Å². The summed E-state index contributed by atoms with van der Waals surface area (Å²) in [5, 5.41) is 11.4. The lowest BCUT2D eigenvalue weighted by atomic mass is 10.2. The predicted molar refractivity (Wildman–Crippen MR) is 61.8 cm³/mol. The molecule has 1 aromatic heterocycles. The van der Waals surface area contributed by atoms with Crippen LogP contribution in [0.2, 0.25) is 0 Å². The van der Waals surface area contributed by atoms with Crippen molar-refractivity contribution in [3.05, 3.63) is 11.9 Å². The zero-order valence-electron chi connectivity index (χ0n) is 10.0. The van der Waals surface area contributed by atoms with Gasteiger partial charge in [0.1, 0.15) is 0 Å². The second-order valence-corrected chi connectivity index (χ2v) is 4.16. The topological polar surface area (TPSA) is 42.7 Å². The average molecular weight is 210 g/mol. The second kappa shape index (κ2) is 6.56. The predicted octanol–water partition coefficient (Wildman–Crippen LogP) is 1.62. The molecule has 0 spiro atoms. The molecule has 0 aromatic carbocycles. The SMILES string of the molecule is CCCn1nncc1CCCNC(C)C. The van der Waals surface area contributed by atoms with Gasteiger partial charge in [-0.1, -0.05) is 26.0 Å². The zero-order valence-corrected chi connectivity index (χ0v) is 10.0. The summed E-state index contributed by atoms with van der Waals surface area (Å²) >= 11 is 0. The Labute approximate surface area is 92.1 Å². The van der Waals surface area contributed by atoms with Crippen LogP contribution in [0, 0.1) is 0 Å². The Morgan fingerprint density at radius 2 is 2.27 bits per heavy atom. The Morgan fingerprint density at radius 1 is 1.47 bits per heavy atom. The fourth-order valence-corrected chi connectivity index (χ4v) is 1.53. The third-order valence-electron chi connectivity index (χ3n) is 2.30. The van der Waals surface area contributed by atoms with Gasteiger partial charge in [0.25, 0.3) is 0 Å². The molecule has 86 valence electrons. The molecule has 0 bridgehead atoms. The lowest BCUT2D eigenvalue weighted by Gasteiger charge is -2.08. The summed E-state index contributed by atoms with van der Waals surface area (Å²) in [6, 6.07) is 0.573. The fraction of sp³-hybridized carbons (Fsp3) is 0.818. The first-order valence-electron chi connectivity index (χ1n) is 5.84. The van der Waals surface area contributed by atoms with Crippen LogP contribution in [0.3, 0.4) is 0 Å². The van der Waals surface area contributed by atoms with Gasteiger partial charge in [-0.3, -0.25) is 0 Å². The summed E-state index contributed by atoms with van der Waals surface area (Å²) < 4.78 is 2.01. The molecular weight excluding hydrogens is 188 g/mol. The lowest BCUT2D eigenvalue weighted by Crippen LogP contribution is -2.24. The van der Waals surface area contributed by atoms with Crippen LogP contribution in [0.15, 0.2) is 6.20 Å². The Morgan fingerprint density at radius 3 is 2.93 bits per heavy atom. The maximum Gasteiger partial charge on any atom is 0.0725 e. The molecule has 0 unspecified atom stereocenters. The van der Waals surface area contributed by atoms with E-state index in [1.165, 1.54) is 5.69 Å². The maximum atomic E-state index is 4.07. The molecule has 1 heterocycles. The number of aryl methyl sites for hydroxylation is 2. The summed E-state index contributed by atoms with van der Waals surface area (Å²) in [5.74, 6) is 0. The van der Waals surface area contributed by atoms with Crippen molar-refractivity contribution in [1.29, 1.82) is 0 Å². The quantitative estimate of drug-likeness (QED) is 0.695. The van der Waals surface area contributed by atoms with Crippen LogP contribution in [-0.4, -0.2) is 27.6 Å². The fourth-order valence-electron chi connectivity index (χ4n) is 1.53. The molecule has 0 saturated heterocycles. The van der Waals surface area contributed by atoms with Gasteiger partial charge in [-0.05, 0) is 25.8 Å². The number of nitrogens with zero attached hydrogens (tertiary/aromatic N) is 3. The third-order valence-corrected chi connectivity index (χ3v) is 2.30. The zero-order chi connectivity index (χ0) is 11.1. The van der Waals surface area contributed by atoms with E-state index in [1.54, 1.807) is 0 Å². The van der Waals surface area contributed by atoms with Crippen molar-refractivity contribution < 1.29 is 0 Å². The van der Waals surface area contributed by atoms with Gasteiger partial charge in [-0.15, -0.1) is 5.10 Å². The van der Waals surface area contributed by atoms with Crippen molar-refractivity contribution in [2.24, 2.45) is 0 Å². The Kier molecular flexibility index (Phi) is 5.32. The van der Waals surface area contributed by atoms with E-state index in [9.17, 15) is 0 Å². The molecule has 0 saturated carbocycles. The first-order valence-corrected chi connectivity index (χ1v) is 5.84. The van der Waals surface area contributed by atoms with Crippen molar-refractivity contribution in [2.45, 2.75) is 52.6 Å². The smallest absolute Gasteiger partial charge is 0.0725 e. The first-order chi connectivity index (χ1) is 7.24. The van der Waals surface area contributed by atoms with E-state index in [2.05, 4.69) is 36.4 Å². The highest BCUT2D eigenvalue weighted by Gasteiger charge is 2.02. The number of hydrogen-bond donors (Lipinski definition) is 1. The van der Waals surface area contributed by atoms with Gasteiger partial charge < -0.3 is 5.32 Å². The Balaban J connectivity index is 2.27. The Hall–Kier alpha value is -0.900. The van der Waals surface area contributed by atoms with Crippen molar-refractivity contribution in [2.75, 3.05) is 6.54 Å². The summed E-state index contributed by atoms with van der Waals surface area (Å²) in [6.07, 6.45) is 5.20. The molecule has 0 fully saturated rings. The van der Waals surface area contributed by atoms with Gasteiger partial charge in [0.05, 0.1) is 11.9 Å². The highest BCUT2D eigenvalue weighted by atomic mass is 15.4. The van der Waals surface area contributed by atoms with Gasteiger partial charge in [-0.25, -0.2) is 4.68 Å². The molecule has 1 N–H and O–H groups in total. The summed E-state index contributed by atoms with van der Waals surface area (Å²) in [5.41, 5.74) is 1.25. The molecule has 0 amide bonds. The lowest BCUT2D eigenvalue weighted by molar-refractivity contribution is 0.532. The average Bonchev–Trinajstić information content (AvgIpc) is 2.61. The molecule has 0 atom stereocenters. The van der Waals surface area contributed by atoms with Crippen molar-refractivity contribution in [1.82, 2.24) is 20.3 Å². The highest BCUT2D eigenvalue weighted by molar-refractivity contribution is 4.94. The minimum Gasteiger partial charge on any atom is -0.315 e. The molecule has 0 aliphatic heterocycles. The largest absolute Gasteiger partial charge is 0.315 e. The normalized spacial score (nSPS) is 11.2. The molecule has 0 aliphatic carbocycles. The van der Waals surface area contributed by atoms with Gasteiger partial charge >= 0.3 is 0 Å². The molecule has 0 radical (unpaired) electrons. The van der Waals surface area contributed by atoms with Gasteiger partial charge in [0.15, 0.2) is 0 Å². The summed E-state index contributed by atoms with van der Waals surface area (Å²) in [4.78, 5) is 0. The van der Waals surface area contributed by atoms with Crippen LogP contribution >= 0.6 is 0 Å². The van der Waals surface area contributed by atoms with E-state index in [1.807, 2.05) is 10.9 Å². The Bertz CT molecular complexity index is 267. The van der Waals surface area contributed by atoms with Crippen LogP contribution in [0.1, 0.15) is 39.3 Å². The second-order valence-electron chi connectivity index (χ2n) is 4.16. The minimum absolute atomic E-state index is 0.573. The molecule has 4 heteroatoms. The molecular formula is C11H22N4. The van der Waals surface area contributed by atoms with E-state index in [0.29, 0.717) is 6.04 Å². The number of aromatic nitrogens is 3. The van der Waals surface area contributed by atoms with E-state index in [0.717, 1.165) is 32.4 Å². The van der Waals surface area contributed by atoms with Gasteiger partial charge in [0, 0.05) is 12.6 Å². The van der Waals surface area contributed by atoms with Crippen molar-refractivity contribution in [3.63, 3.8) is 0 Å². The van der Waals surface area contributed by atoms with Crippen LogP contribution in [-0.2, 0) is 13.0 Å². The van der Waals surface area contributed by atoms with Gasteiger partial charge in [-0.2, -0.15) is 0 Å². The number of nitrogens with one attached hydrogen (secondary N) is 1. The summed E-state index contributed by atoms with van der Waals surface area (Å²) in [6.45, 7) is 8.54. The van der Waals surface area contributed by atoms with Crippen LogP contribution in [0.5, 0.6) is 0 Å². The monoisotopic (exact) mass is 210 g/mol. The third kappa shape index (κ3) is 4.42. The standard InChI is InChI=1S/C11H22N4/c1-4-8-15-11(9-13-14-15)6-5-7-12-10(2)3/h9-10,12H,4-8H2,1-3H3. The van der Waals surface area contributed by atoms with E-state index in [4.69, 9.17) is 0 Å². The van der Waals surface area contributed by atoms with Crippen molar-refractivity contribution >= 4 is 0 Å². The maximum absolute atomic E-state index is 4.07. The van der Waals surface area contributed by atoms with Crippen LogP contribution in [0.25, 0.3) is 0 Å². The number of rotatable bonds is 7. The first kappa shape index (κ1) is 12.2. The van der Waals surface area contributed by atoms with E-state index in [-0.39, 0.29) is 0 Å². The van der Waals surface area contributed by atoms with E-state index >= 15 is 0 Å².